The molecule has 1 N–H and O–H groups in total. The molecule has 4 nitrogen and oxygen atoms in total. The third-order valence-corrected chi connectivity index (χ3v) is 1.49. The number of hydrogen-bond donors (Lipinski definition) is 1. The van der Waals surface area contributed by atoms with Crippen LogP contribution in [0.5, 0.6) is 0 Å². The van der Waals surface area contributed by atoms with E-state index in [1.165, 1.54) is 0 Å². The molecule has 0 rings (SSSR count). The Morgan fingerprint density at radius 2 is 2.33 bits per heavy atom. The van der Waals surface area contributed by atoms with Crippen LogP contribution in [-0.2, 0) is 3.74 Å². The first-order valence-electron chi connectivity index (χ1n) is 1.63. The molecule has 9 heavy (non-hydrogen) atoms. The molecule has 1 atom stereocenters. The molecule has 0 bridgehead atoms. The number of thiocarbonyl (C=S) groups is 1. The maximum absolute atomic E-state index is 9.85. The van der Waals surface area contributed by atoms with Gasteiger partial charge < -0.3 is 0 Å². The zero-order valence-corrected chi connectivity index (χ0v) is 9.47. The number of aliphatic imine (C=N–C) groups is 1. The summed E-state index contributed by atoms with van der Waals surface area (Å²) < 4.78 is 27.7. The minimum atomic E-state index is -4.77. The van der Waals surface area contributed by atoms with E-state index in [2.05, 4.69) is 17.2 Å². The average molecular weight is 219 g/mol. The standard InChI is InChI=1S/C2H4AsNO3S.Na/c5-3(6,7)1-4-2-8;/h1H2,(H2,5,6,7);/q;+1/p-1. The fraction of sp³-hybridized carbons (Fsp3) is 0.500. The molecule has 0 amide bonds. The fourth-order valence-corrected chi connectivity index (χ4v) is 0.914. The summed E-state index contributed by atoms with van der Waals surface area (Å²) in [4.78, 5) is 3.01. The van der Waals surface area contributed by atoms with Gasteiger partial charge in [-0.15, -0.1) is 0 Å². The Bertz CT molecular complexity index is 161. The van der Waals surface area contributed by atoms with Crippen molar-refractivity contribution in [2.45, 2.75) is 0 Å². The van der Waals surface area contributed by atoms with Crippen molar-refractivity contribution in [3.8, 4) is 0 Å². The molecule has 1 unspecified atom stereocenters. The number of isothiocyanates is 1. The topological polar surface area (TPSA) is 72.7 Å². The molecule has 0 aromatic carbocycles. The second kappa shape index (κ2) is 5.83. The smallest absolute Gasteiger partial charge is 1.00 e. The summed E-state index contributed by atoms with van der Waals surface area (Å²) in [5.41, 5.74) is 0. The van der Waals surface area contributed by atoms with Crippen LogP contribution in [-0.4, -0.2) is 28.8 Å². The number of rotatable bonds is 2. The van der Waals surface area contributed by atoms with Crippen LogP contribution >= 0.6 is 12.2 Å². The molecule has 46 valence electrons. The van der Waals surface area contributed by atoms with Crippen LogP contribution in [0.2, 0.25) is 0 Å². The van der Waals surface area contributed by atoms with Crippen molar-refractivity contribution in [1.82, 2.24) is 0 Å². The monoisotopic (exact) mass is 219 g/mol. The summed E-state index contributed by atoms with van der Waals surface area (Å²) in [6.45, 7) is 0. The van der Waals surface area contributed by atoms with Gasteiger partial charge in [-0.3, -0.25) is 0 Å². The van der Waals surface area contributed by atoms with E-state index < -0.39 is 19.5 Å². The van der Waals surface area contributed by atoms with Crippen LogP contribution in [0.15, 0.2) is 4.99 Å². The van der Waals surface area contributed by atoms with Crippen molar-refractivity contribution in [3.63, 3.8) is 0 Å². The Morgan fingerprint density at radius 1 is 1.89 bits per heavy atom. The Kier molecular flexibility index (Phi) is 8.25. The molecule has 0 aliphatic heterocycles. The summed E-state index contributed by atoms with van der Waals surface area (Å²) >= 11 is -0.724. The van der Waals surface area contributed by atoms with Crippen molar-refractivity contribution < 1.29 is 41.5 Å². The van der Waals surface area contributed by atoms with Gasteiger partial charge in [0.1, 0.15) is 0 Å². The summed E-state index contributed by atoms with van der Waals surface area (Å²) in [6, 6.07) is 0. The van der Waals surface area contributed by atoms with E-state index in [0.717, 1.165) is 0 Å². The SMILES string of the molecule is O=[As]([O-])(O)CN=C=S.[Na+]. The van der Waals surface area contributed by atoms with E-state index in [4.69, 9.17) is 4.10 Å². The average Bonchev–Trinajstić information content (AvgIpc) is 1.59. The zero-order valence-electron chi connectivity index (χ0n) is 4.77. The minimum absolute atomic E-state index is 0. The van der Waals surface area contributed by atoms with Gasteiger partial charge in [-0.2, -0.15) is 0 Å². The second-order valence-corrected chi connectivity index (χ2v) is 4.48. The van der Waals surface area contributed by atoms with Gasteiger partial charge in [0.05, 0.1) is 0 Å². The van der Waals surface area contributed by atoms with E-state index in [-0.39, 0.29) is 29.6 Å². The van der Waals surface area contributed by atoms with Gasteiger partial charge in [-0.1, -0.05) is 0 Å². The van der Waals surface area contributed by atoms with E-state index in [1.54, 1.807) is 0 Å². The van der Waals surface area contributed by atoms with Gasteiger partial charge >= 0.3 is 83.4 Å². The van der Waals surface area contributed by atoms with Crippen LogP contribution < -0.4 is 33.7 Å². The van der Waals surface area contributed by atoms with Gasteiger partial charge in [0.15, 0.2) is 0 Å². The van der Waals surface area contributed by atoms with Crippen molar-refractivity contribution in [2.75, 3.05) is 5.33 Å². The molecule has 7 heteroatoms. The van der Waals surface area contributed by atoms with Crippen LogP contribution in [0.3, 0.4) is 0 Å². The van der Waals surface area contributed by atoms with Crippen LogP contribution in [0.4, 0.5) is 0 Å². The number of nitrogens with zero attached hydrogens (tertiary/aromatic N) is 1. The second-order valence-electron chi connectivity index (χ2n) is 1.03. The molecule has 0 saturated heterocycles. The third-order valence-electron chi connectivity index (χ3n) is 0.314. The van der Waals surface area contributed by atoms with E-state index >= 15 is 0 Å². The molecular weight excluding hydrogens is 216 g/mol. The Labute approximate surface area is 82.7 Å². The zero-order chi connectivity index (χ0) is 6.62. The minimum Gasteiger partial charge on any atom is 1.00 e. The molecule has 0 aromatic rings. The first-order valence-corrected chi connectivity index (χ1v) is 5.73. The largest absolute Gasteiger partial charge is 1.00 e. The predicted molar refractivity (Wildman–Crippen MR) is 28.6 cm³/mol. The molecule has 0 saturated carbocycles. The van der Waals surface area contributed by atoms with Gasteiger partial charge in [0.2, 0.25) is 0 Å². The maximum Gasteiger partial charge on any atom is 1.00 e. The van der Waals surface area contributed by atoms with Gasteiger partial charge in [-0.25, -0.2) is 0 Å². The van der Waals surface area contributed by atoms with E-state index in [9.17, 15) is 7.84 Å². The summed E-state index contributed by atoms with van der Waals surface area (Å²) in [5, 5.41) is 1.21. The maximum atomic E-state index is 9.85. The molecular formula is C2H3AsNNaO3S. The molecule has 0 fully saturated rings. The van der Waals surface area contributed by atoms with Crippen LogP contribution in [0.25, 0.3) is 0 Å². The predicted octanol–water partition coefficient (Wildman–Crippen LogP) is -4.65. The Hall–Kier alpha value is 1.08. The van der Waals surface area contributed by atoms with Gasteiger partial charge in [-0.05, 0) is 0 Å². The molecule has 0 spiro atoms. The summed E-state index contributed by atoms with van der Waals surface area (Å²) in [7, 11) is 0. The van der Waals surface area contributed by atoms with Crippen LogP contribution in [0.1, 0.15) is 0 Å². The van der Waals surface area contributed by atoms with Crippen LogP contribution in [0, 0.1) is 0 Å². The molecule has 0 radical (unpaired) electrons. The molecule has 0 aliphatic rings. The Morgan fingerprint density at radius 3 is 2.44 bits per heavy atom. The quantitative estimate of drug-likeness (QED) is 0.288. The fourth-order valence-electron chi connectivity index (χ4n) is 0.118. The number of hydrogen-bond acceptors (Lipinski definition) is 4. The van der Waals surface area contributed by atoms with Gasteiger partial charge in [0.25, 0.3) is 0 Å². The first kappa shape index (κ1) is 12.7. The first-order chi connectivity index (χ1) is 3.56. The van der Waals surface area contributed by atoms with Crippen molar-refractivity contribution in [3.05, 3.63) is 0 Å². The van der Waals surface area contributed by atoms with E-state index in [1.807, 2.05) is 5.16 Å². The molecule has 0 aliphatic carbocycles. The summed E-state index contributed by atoms with van der Waals surface area (Å²) in [6.07, 6.45) is 0. The summed E-state index contributed by atoms with van der Waals surface area (Å²) in [5.74, 6) is 0. The van der Waals surface area contributed by atoms with E-state index in [0.29, 0.717) is 0 Å². The van der Waals surface area contributed by atoms with Gasteiger partial charge in [0, 0.05) is 0 Å². The van der Waals surface area contributed by atoms with Crippen molar-refractivity contribution >= 4 is 31.6 Å². The normalized spacial score (nSPS) is 14.4. The molecule has 0 aromatic heterocycles. The van der Waals surface area contributed by atoms with Crippen molar-refractivity contribution in [2.24, 2.45) is 4.99 Å². The van der Waals surface area contributed by atoms with Crippen molar-refractivity contribution in [1.29, 1.82) is 0 Å². The third kappa shape index (κ3) is 12.3. The Balaban J connectivity index is 0. The molecule has 0 heterocycles.